The maximum Gasteiger partial charge on any atom is 0.277 e. The normalized spacial score (nSPS) is 11.2. The van der Waals surface area contributed by atoms with E-state index in [0.717, 1.165) is 22.0 Å². The Morgan fingerprint density at radius 1 is 1.20 bits per heavy atom. The van der Waals surface area contributed by atoms with Crippen LogP contribution in [0.4, 0.5) is 0 Å². The Balaban J connectivity index is 1.58. The van der Waals surface area contributed by atoms with Crippen molar-refractivity contribution < 1.29 is 9.53 Å². The van der Waals surface area contributed by atoms with E-state index in [9.17, 15) is 4.79 Å². The van der Waals surface area contributed by atoms with Crippen LogP contribution in [-0.2, 0) is 11.8 Å². The Morgan fingerprint density at radius 2 is 2.00 bits per heavy atom. The molecular formula is C20H21N3O2. The second-order valence-corrected chi connectivity index (χ2v) is 6.04. The molecule has 0 aliphatic carbocycles. The molecule has 0 radical (unpaired) electrons. The van der Waals surface area contributed by atoms with Crippen LogP contribution in [0.15, 0.2) is 53.8 Å². The summed E-state index contributed by atoms with van der Waals surface area (Å²) < 4.78 is 7.52. The second-order valence-electron chi connectivity index (χ2n) is 6.04. The lowest BCUT2D eigenvalue weighted by atomic mass is 10.1. The average molecular weight is 335 g/mol. The molecule has 5 nitrogen and oxygen atoms in total. The highest BCUT2D eigenvalue weighted by Crippen LogP contribution is 2.18. The lowest BCUT2D eigenvalue weighted by Gasteiger charge is -2.07. The number of fused-ring (bicyclic) bond motifs is 1. The molecule has 3 aromatic rings. The summed E-state index contributed by atoms with van der Waals surface area (Å²) in [6.07, 6.45) is 3.63. The lowest BCUT2D eigenvalue weighted by Crippen LogP contribution is -2.24. The third kappa shape index (κ3) is 3.88. The Hall–Kier alpha value is -3.08. The SMILES string of the molecule is Cc1ccc(OCC(=O)NN=Cc2cn(C)c3ccccc23)cc1C. The summed E-state index contributed by atoms with van der Waals surface area (Å²) in [5.41, 5.74) is 6.89. The Kier molecular flexibility index (Phi) is 4.84. The number of hydrogen-bond acceptors (Lipinski definition) is 3. The van der Waals surface area contributed by atoms with Crippen LogP contribution in [0.2, 0.25) is 0 Å². The average Bonchev–Trinajstić information content (AvgIpc) is 2.92. The van der Waals surface area contributed by atoms with Gasteiger partial charge in [0, 0.05) is 29.7 Å². The highest BCUT2D eigenvalue weighted by Gasteiger charge is 2.05. The van der Waals surface area contributed by atoms with Gasteiger partial charge < -0.3 is 9.30 Å². The minimum absolute atomic E-state index is 0.0740. The number of hydrogen-bond donors (Lipinski definition) is 1. The third-order valence-corrected chi connectivity index (χ3v) is 4.17. The number of hydrazone groups is 1. The molecule has 0 fully saturated rings. The van der Waals surface area contributed by atoms with Gasteiger partial charge in [-0.15, -0.1) is 0 Å². The number of benzene rings is 2. The molecule has 0 bridgehead atoms. The zero-order valence-electron chi connectivity index (χ0n) is 14.6. The van der Waals surface area contributed by atoms with Gasteiger partial charge in [0.25, 0.3) is 5.91 Å². The summed E-state index contributed by atoms with van der Waals surface area (Å²) in [7, 11) is 1.98. The van der Waals surface area contributed by atoms with Gasteiger partial charge in [-0.1, -0.05) is 24.3 Å². The van der Waals surface area contributed by atoms with Crippen molar-refractivity contribution in [1.82, 2.24) is 9.99 Å². The molecule has 0 atom stereocenters. The van der Waals surface area contributed by atoms with Gasteiger partial charge in [0.2, 0.25) is 0 Å². The Bertz CT molecular complexity index is 941. The summed E-state index contributed by atoms with van der Waals surface area (Å²) in [6, 6.07) is 13.8. The standard InChI is InChI=1S/C20H21N3O2/c1-14-8-9-17(10-15(14)2)25-13-20(24)22-21-11-16-12-23(3)19-7-5-4-6-18(16)19/h4-12H,13H2,1-3H3,(H,22,24). The van der Waals surface area contributed by atoms with Crippen LogP contribution in [0.1, 0.15) is 16.7 Å². The van der Waals surface area contributed by atoms with Crippen LogP contribution >= 0.6 is 0 Å². The number of nitrogens with one attached hydrogen (secondary N) is 1. The van der Waals surface area contributed by atoms with Crippen molar-refractivity contribution in [3.05, 3.63) is 65.4 Å². The molecule has 0 aliphatic rings. The van der Waals surface area contributed by atoms with E-state index in [2.05, 4.69) is 10.5 Å². The van der Waals surface area contributed by atoms with Crippen LogP contribution in [0.25, 0.3) is 10.9 Å². The number of para-hydroxylation sites is 1. The molecule has 1 amide bonds. The van der Waals surface area contributed by atoms with Crippen molar-refractivity contribution >= 4 is 23.0 Å². The van der Waals surface area contributed by atoms with Crippen molar-refractivity contribution in [3.8, 4) is 5.75 Å². The van der Waals surface area contributed by atoms with Crippen molar-refractivity contribution in [2.45, 2.75) is 13.8 Å². The molecule has 5 heteroatoms. The number of ether oxygens (including phenoxy) is 1. The fourth-order valence-corrected chi connectivity index (χ4v) is 2.63. The van der Waals surface area contributed by atoms with Crippen molar-refractivity contribution in [2.75, 3.05) is 6.61 Å². The summed E-state index contributed by atoms with van der Waals surface area (Å²) in [5.74, 6) is 0.381. The van der Waals surface area contributed by atoms with Crippen LogP contribution in [0.5, 0.6) is 5.75 Å². The number of aromatic nitrogens is 1. The summed E-state index contributed by atoms with van der Waals surface area (Å²) in [6.45, 7) is 3.97. The van der Waals surface area contributed by atoms with E-state index in [-0.39, 0.29) is 12.5 Å². The molecule has 0 aliphatic heterocycles. The summed E-state index contributed by atoms with van der Waals surface area (Å²) in [4.78, 5) is 11.9. The Morgan fingerprint density at radius 3 is 2.80 bits per heavy atom. The smallest absolute Gasteiger partial charge is 0.277 e. The lowest BCUT2D eigenvalue weighted by molar-refractivity contribution is -0.123. The molecule has 1 aromatic heterocycles. The fourth-order valence-electron chi connectivity index (χ4n) is 2.63. The highest BCUT2D eigenvalue weighted by molar-refractivity contribution is 5.99. The number of rotatable bonds is 5. The molecule has 25 heavy (non-hydrogen) atoms. The molecule has 128 valence electrons. The first-order valence-corrected chi connectivity index (χ1v) is 8.10. The van der Waals surface area contributed by atoms with E-state index in [1.807, 2.05) is 74.1 Å². The molecule has 0 saturated carbocycles. The molecule has 0 saturated heterocycles. The molecule has 0 unspecified atom stereocenters. The molecule has 2 aromatic carbocycles. The largest absolute Gasteiger partial charge is 0.484 e. The van der Waals surface area contributed by atoms with E-state index < -0.39 is 0 Å². The fraction of sp³-hybridized carbons (Fsp3) is 0.200. The number of amides is 1. The maximum atomic E-state index is 11.9. The van der Waals surface area contributed by atoms with Gasteiger partial charge in [0.05, 0.1) is 6.21 Å². The van der Waals surface area contributed by atoms with E-state index in [1.165, 1.54) is 5.56 Å². The van der Waals surface area contributed by atoms with E-state index in [1.54, 1.807) is 6.21 Å². The van der Waals surface area contributed by atoms with Crippen molar-refractivity contribution in [3.63, 3.8) is 0 Å². The second kappa shape index (κ2) is 7.21. The molecule has 0 spiro atoms. The van der Waals surface area contributed by atoms with Gasteiger partial charge >= 0.3 is 0 Å². The topological polar surface area (TPSA) is 55.6 Å². The summed E-state index contributed by atoms with van der Waals surface area (Å²) >= 11 is 0. The van der Waals surface area contributed by atoms with E-state index in [4.69, 9.17) is 4.74 Å². The predicted octanol–water partition coefficient (Wildman–Crippen LogP) is 3.32. The first-order valence-electron chi connectivity index (χ1n) is 8.10. The van der Waals surface area contributed by atoms with Gasteiger partial charge in [-0.2, -0.15) is 5.10 Å². The number of carbonyl (C=O) groups excluding carboxylic acids is 1. The molecule has 3 rings (SSSR count). The van der Waals surface area contributed by atoms with Crippen LogP contribution < -0.4 is 10.2 Å². The quantitative estimate of drug-likeness (QED) is 0.574. The molecule has 1 heterocycles. The first-order chi connectivity index (χ1) is 12.0. The van der Waals surface area contributed by atoms with Gasteiger partial charge in [-0.3, -0.25) is 4.79 Å². The monoisotopic (exact) mass is 335 g/mol. The maximum absolute atomic E-state index is 11.9. The van der Waals surface area contributed by atoms with Crippen LogP contribution in [0, 0.1) is 13.8 Å². The zero-order valence-corrected chi connectivity index (χ0v) is 14.6. The van der Waals surface area contributed by atoms with E-state index >= 15 is 0 Å². The number of carbonyl (C=O) groups is 1. The molecular weight excluding hydrogens is 314 g/mol. The minimum Gasteiger partial charge on any atom is -0.484 e. The predicted molar refractivity (Wildman–Crippen MR) is 100 cm³/mol. The summed E-state index contributed by atoms with van der Waals surface area (Å²) in [5, 5.41) is 5.12. The number of aryl methyl sites for hydroxylation is 3. The van der Waals surface area contributed by atoms with E-state index in [0.29, 0.717) is 5.75 Å². The highest BCUT2D eigenvalue weighted by atomic mass is 16.5. The van der Waals surface area contributed by atoms with Crippen LogP contribution in [-0.4, -0.2) is 23.3 Å². The Labute approximate surface area is 146 Å². The molecule has 1 N–H and O–H groups in total. The number of nitrogens with zero attached hydrogens (tertiary/aromatic N) is 2. The van der Waals surface area contributed by atoms with Gasteiger partial charge in [0.1, 0.15) is 5.75 Å². The van der Waals surface area contributed by atoms with Crippen molar-refractivity contribution in [1.29, 1.82) is 0 Å². The van der Waals surface area contributed by atoms with Gasteiger partial charge in [0.15, 0.2) is 6.61 Å². The van der Waals surface area contributed by atoms with Crippen molar-refractivity contribution in [2.24, 2.45) is 12.1 Å². The van der Waals surface area contributed by atoms with Crippen LogP contribution in [0.3, 0.4) is 0 Å². The van der Waals surface area contributed by atoms with Gasteiger partial charge in [-0.05, 0) is 43.2 Å². The minimum atomic E-state index is -0.297. The first kappa shape index (κ1) is 16.8. The van der Waals surface area contributed by atoms with Gasteiger partial charge in [-0.25, -0.2) is 5.43 Å². The third-order valence-electron chi connectivity index (χ3n) is 4.17. The zero-order chi connectivity index (χ0) is 17.8.